The summed E-state index contributed by atoms with van der Waals surface area (Å²) >= 11 is 0. The predicted octanol–water partition coefficient (Wildman–Crippen LogP) is 5.38. The van der Waals surface area contributed by atoms with Gasteiger partial charge in [-0.25, -0.2) is 0 Å². The molecular weight excluding hydrogens is 396 g/mol. The Morgan fingerprint density at radius 1 is 0.625 bits per heavy atom. The summed E-state index contributed by atoms with van der Waals surface area (Å²) in [6, 6.07) is 19.9. The highest BCUT2D eigenvalue weighted by molar-refractivity contribution is 6.18. The molecule has 0 amide bonds. The zero-order valence-corrected chi connectivity index (χ0v) is 19.0. The van der Waals surface area contributed by atoms with Gasteiger partial charge in [-0.15, -0.1) is 0 Å². The molecule has 0 aliphatic carbocycles. The molecule has 0 N–H and O–H groups in total. The summed E-state index contributed by atoms with van der Waals surface area (Å²) in [5, 5.41) is 14.4. The Kier molecular flexibility index (Phi) is 8.07. The van der Waals surface area contributed by atoms with E-state index in [4.69, 9.17) is 10.2 Å². The fraction of sp³-hybridized carbons (Fsp3) is 0.444. The lowest BCUT2D eigenvalue weighted by Gasteiger charge is -2.26. The molecular formula is C27H34N4O. The third-order valence-corrected chi connectivity index (χ3v) is 6.15. The standard InChI is InChI=1S/C27H34N4O/c32-27(24-15-7-2-8-16-24)22-25(28-30-17-9-3-10-18-30)21-26(23-13-5-1-6-14-23)29-31-19-11-4-12-20-31/h1-2,5-8,13-16H,3-4,9-12,17-22H2. The lowest BCUT2D eigenvalue weighted by molar-refractivity contribution is 0.0999. The van der Waals surface area contributed by atoms with E-state index in [1.54, 1.807) is 0 Å². The van der Waals surface area contributed by atoms with E-state index in [2.05, 4.69) is 34.3 Å². The van der Waals surface area contributed by atoms with Gasteiger partial charge in [-0.2, -0.15) is 10.2 Å². The Labute approximate surface area is 191 Å². The van der Waals surface area contributed by atoms with Crippen molar-refractivity contribution >= 4 is 17.2 Å². The number of ketones is 1. The summed E-state index contributed by atoms with van der Waals surface area (Å²) in [5.41, 5.74) is 3.76. The van der Waals surface area contributed by atoms with E-state index in [0.717, 1.165) is 61.6 Å². The SMILES string of the molecule is O=C(CC(CC(=NN1CCCCC1)c1ccccc1)=NN1CCCCC1)c1ccccc1. The van der Waals surface area contributed by atoms with Gasteiger partial charge in [0.15, 0.2) is 5.78 Å². The molecule has 5 heteroatoms. The number of rotatable bonds is 8. The van der Waals surface area contributed by atoms with E-state index in [0.29, 0.717) is 12.8 Å². The van der Waals surface area contributed by atoms with Crippen LogP contribution < -0.4 is 0 Å². The summed E-state index contributed by atoms with van der Waals surface area (Å²) in [6.45, 7) is 3.93. The Morgan fingerprint density at radius 3 is 1.69 bits per heavy atom. The number of benzene rings is 2. The number of hydrazone groups is 2. The van der Waals surface area contributed by atoms with E-state index < -0.39 is 0 Å². The van der Waals surface area contributed by atoms with Crippen LogP contribution >= 0.6 is 0 Å². The first-order chi connectivity index (χ1) is 15.8. The number of carbonyl (C=O) groups is 1. The smallest absolute Gasteiger partial charge is 0.168 e. The minimum absolute atomic E-state index is 0.117. The Morgan fingerprint density at radius 2 is 1.12 bits per heavy atom. The molecule has 2 aromatic rings. The van der Waals surface area contributed by atoms with Gasteiger partial charge in [0.2, 0.25) is 0 Å². The third kappa shape index (κ3) is 6.52. The van der Waals surface area contributed by atoms with Crippen LogP contribution in [0.4, 0.5) is 0 Å². The highest BCUT2D eigenvalue weighted by atomic mass is 16.1. The maximum absolute atomic E-state index is 13.1. The van der Waals surface area contributed by atoms with E-state index >= 15 is 0 Å². The van der Waals surface area contributed by atoms with Crippen molar-refractivity contribution in [1.29, 1.82) is 0 Å². The highest BCUT2D eigenvalue weighted by Crippen LogP contribution is 2.16. The summed E-state index contributed by atoms with van der Waals surface area (Å²) in [7, 11) is 0. The fourth-order valence-corrected chi connectivity index (χ4v) is 4.39. The van der Waals surface area contributed by atoms with Crippen molar-refractivity contribution < 1.29 is 4.79 Å². The van der Waals surface area contributed by atoms with E-state index in [1.165, 1.54) is 25.7 Å². The quantitative estimate of drug-likeness (QED) is 0.417. The number of piperidine rings is 2. The first-order valence-corrected chi connectivity index (χ1v) is 12.1. The van der Waals surface area contributed by atoms with Gasteiger partial charge >= 0.3 is 0 Å². The number of nitrogens with zero attached hydrogens (tertiary/aromatic N) is 4. The second-order valence-electron chi connectivity index (χ2n) is 8.75. The van der Waals surface area contributed by atoms with Crippen molar-refractivity contribution in [1.82, 2.24) is 10.0 Å². The first-order valence-electron chi connectivity index (χ1n) is 12.1. The maximum Gasteiger partial charge on any atom is 0.168 e. The normalized spacial score (nSPS) is 18.0. The average molecular weight is 431 g/mol. The monoisotopic (exact) mass is 430 g/mol. The molecule has 4 rings (SSSR count). The molecule has 0 saturated carbocycles. The lowest BCUT2D eigenvalue weighted by atomic mass is 9.99. The number of carbonyl (C=O) groups excluding carboxylic acids is 1. The molecule has 2 aliphatic rings. The first kappa shape index (κ1) is 22.3. The molecule has 0 spiro atoms. The van der Waals surface area contributed by atoms with Crippen molar-refractivity contribution in [3.63, 3.8) is 0 Å². The van der Waals surface area contributed by atoms with Crippen LogP contribution in [0.15, 0.2) is 70.9 Å². The predicted molar refractivity (Wildman–Crippen MR) is 131 cm³/mol. The van der Waals surface area contributed by atoms with E-state index in [-0.39, 0.29) is 5.78 Å². The van der Waals surface area contributed by atoms with Gasteiger partial charge in [0.05, 0.1) is 17.8 Å². The number of Topliss-reactive ketones (excluding diaryl/α,β-unsaturated/α-hetero) is 1. The van der Waals surface area contributed by atoms with Crippen molar-refractivity contribution in [2.45, 2.75) is 51.4 Å². The van der Waals surface area contributed by atoms with Gasteiger partial charge in [0.1, 0.15) is 0 Å². The summed E-state index contributed by atoms with van der Waals surface area (Å²) in [5.74, 6) is 0.117. The van der Waals surface area contributed by atoms with Crippen LogP contribution in [0, 0.1) is 0 Å². The van der Waals surface area contributed by atoms with Gasteiger partial charge in [-0.3, -0.25) is 14.8 Å². The van der Waals surface area contributed by atoms with E-state index in [1.807, 2.05) is 36.4 Å². The minimum Gasteiger partial charge on any atom is -0.297 e. The van der Waals surface area contributed by atoms with Gasteiger partial charge in [-0.1, -0.05) is 60.7 Å². The molecule has 0 radical (unpaired) electrons. The molecule has 0 atom stereocenters. The molecule has 0 unspecified atom stereocenters. The van der Waals surface area contributed by atoms with Crippen LogP contribution in [-0.2, 0) is 0 Å². The largest absolute Gasteiger partial charge is 0.297 e. The average Bonchev–Trinajstić information content (AvgIpc) is 2.86. The highest BCUT2D eigenvalue weighted by Gasteiger charge is 2.18. The van der Waals surface area contributed by atoms with Crippen LogP contribution in [0.2, 0.25) is 0 Å². The molecule has 5 nitrogen and oxygen atoms in total. The second kappa shape index (κ2) is 11.6. The molecule has 168 valence electrons. The van der Waals surface area contributed by atoms with Crippen molar-refractivity contribution in [3.05, 3.63) is 71.8 Å². The van der Waals surface area contributed by atoms with Gasteiger partial charge in [-0.05, 0) is 44.1 Å². The number of hydrogen-bond donors (Lipinski definition) is 0. The summed E-state index contributed by atoms with van der Waals surface area (Å²) in [6.07, 6.45) is 8.16. The molecule has 2 saturated heterocycles. The Hall–Kier alpha value is -2.95. The van der Waals surface area contributed by atoms with Crippen molar-refractivity contribution in [2.24, 2.45) is 10.2 Å². The molecule has 2 fully saturated rings. The second-order valence-corrected chi connectivity index (χ2v) is 8.75. The topological polar surface area (TPSA) is 48.3 Å². The molecule has 32 heavy (non-hydrogen) atoms. The minimum atomic E-state index is 0.117. The van der Waals surface area contributed by atoms with Crippen LogP contribution in [-0.4, -0.2) is 53.4 Å². The van der Waals surface area contributed by atoms with Crippen LogP contribution in [0.5, 0.6) is 0 Å². The molecule has 2 aliphatic heterocycles. The molecule has 0 aromatic heterocycles. The van der Waals surface area contributed by atoms with Crippen LogP contribution in [0.1, 0.15) is 67.3 Å². The van der Waals surface area contributed by atoms with Crippen molar-refractivity contribution in [2.75, 3.05) is 26.2 Å². The third-order valence-electron chi connectivity index (χ3n) is 6.15. The van der Waals surface area contributed by atoms with Crippen molar-refractivity contribution in [3.8, 4) is 0 Å². The zero-order valence-electron chi connectivity index (χ0n) is 19.0. The Balaban J connectivity index is 1.60. The molecule has 2 aromatic carbocycles. The zero-order chi connectivity index (χ0) is 22.0. The molecule has 2 heterocycles. The maximum atomic E-state index is 13.1. The molecule has 0 bridgehead atoms. The summed E-state index contributed by atoms with van der Waals surface area (Å²) in [4.78, 5) is 13.1. The fourth-order valence-electron chi connectivity index (χ4n) is 4.39. The van der Waals surface area contributed by atoms with Gasteiger partial charge in [0.25, 0.3) is 0 Å². The van der Waals surface area contributed by atoms with Gasteiger partial charge in [0, 0.05) is 38.2 Å². The van der Waals surface area contributed by atoms with E-state index in [9.17, 15) is 4.79 Å². The van der Waals surface area contributed by atoms with Crippen LogP contribution in [0.25, 0.3) is 0 Å². The Bertz CT molecular complexity index is 911. The number of hydrogen-bond acceptors (Lipinski definition) is 5. The summed E-state index contributed by atoms with van der Waals surface area (Å²) < 4.78 is 0. The lowest BCUT2D eigenvalue weighted by Crippen LogP contribution is -2.29. The van der Waals surface area contributed by atoms with Gasteiger partial charge < -0.3 is 0 Å². The van der Waals surface area contributed by atoms with Crippen LogP contribution in [0.3, 0.4) is 0 Å².